The summed E-state index contributed by atoms with van der Waals surface area (Å²) in [7, 11) is 3.22. The van der Waals surface area contributed by atoms with Gasteiger partial charge in [-0.05, 0) is 13.8 Å². The van der Waals surface area contributed by atoms with E-state index in [9.17, 15) is 9.59 Å². The SMILES string of the molecule is C[C@@H]1C[NH+](Cc2nc3c(c(=O)n(C)c(=O)n3C)n2CC[NH+]2CCOCC2)C[C@@H](C)O1. The fourth-order valence-corrected chi connectivity index (χ4v) is 4.80. The van der Waals surface area contributed by atoms with E-state index in [1.807, 2.05) is 0 Å². The molecular formula is C20H34N6O4+2. The molecule has 2 atom stereocenters. The molecule has 2 saturated heterocycles. The standard InChI is InChI=1S/C20H32N6O4/c1-14-11-25(12-15(2)30-14)13-16-21-18-17(19(27)23(4)20(28)22(18)3)26(16)6-5-24-7-9-29-10-8-24/h14-15H,5-13H2,1-4H3/p+2/t14-,15-/m1/s1. The molecule has 0 aliphatic carbocycles. The number of aryl methyl sites for hydroxylation is 1. The zero-order valence-electron chi connectivity index (χ0n) is 18.4. The molecule has 2 fully saturated rings. The minimum absolute atomic E-state index is 0.191. The first kappa shape index (κ1) is 21.2. The highest BCUT2D eigenvalue weighted by molar-refractivity contribution is 5.71. The summed E-state index contributed by atoms with van der Waals surface area (Å²) in [6, 6.07) is 0. The summed E-state index contributed by atoms with van der Waals surface area (Å²) in [5.41, 5.74) is 0.380. The zero-order chi connectivity index (χ0) is 21.4. The number of imidazole rings is 1. The van der Waals surface area contributed by atoms with Crippen molar-refractivity contribution in [3.63, 3.8) is 0 Å². The lowest BCUT2D eigenvalue weighted by molar-refractivity contribution is -0.929. The van der Waals surface area contributed by atoms with Crippen molar-refractivity contribution in [2.24, 2.45) is 14.1 Å². The first-order chi connectivity index (χ1) is 14.3. The van der Waals surface area contributed by atoms with Gasteiger partial charge in [-0.25, -0.2) is 9.78 Å². The van der Waals surface area contributed by atoms with Crippen molar-refractivity contribution in [3.8, 4) is 0 Å². The summed E-state index contributed by atoms with van der Waals surface area (Å²) >= 11 is 0. The van der Waals surface area contributed by atoms with Crippen molar-refractivity contribution in [3.05, 3.63) is 26.7 Å². The maximum absolute atomic E-state index is 13.0. The number of morpholine rings is 2. The summed E-state index contributed by atoms with van der Waals surface area (Å²) < 4.78 is 16.1. The Kier molecular flexibility index (Phi) is 6.10. The van der Waals surface area contributed by atoms with Gasteiger partial charge >= 0.3 is 5.69 Å². The van der Waals surface area contributed by atoms with Crippen LogP contribution in [0.4, 0.5) is 0 Å². The lowest BCUT2D eigenvalue weighted by Gasteiger charge is -2.32. The molecule has 2 aromatic rings. The van der Waals surface area contributed by atoms with Crippen molar-refractivity contribution in [1.29, 1.82) is 0 Å². The third-order valence-electron chi connectivity index (χ3n) is 6.34. The van der Waals surface area contributed by atoms with Gasteiger partial charge in [0, 0.05) is 14.1 Å². The Morgan fingerprint density at radius 3 is 2.37 bits per heavy atom. The Morgan fingerprint density at radius 2 is 1.70 bits per heavy atom. The highest BCUT2D eigenvalue weighted by Crippen LogP contribution is 2.11. The van der Waals surface area contributed by atoms with E-state index < -0.39 is 0 Å². The molecule has 4 heterocycles. The number of nitrogens with zero attached hydrogens (tertiary/aromatic N) is 4. The number of rotatable bonds is 5. The van der Waals surface area contributed by atoms with Crippen molar-refractivity contribution < 1.29 is 19.3 Å². The molecule has 30 heavy (non-hydrogen) atoms. The summed E-state index contributed by atoms with van der Waals surface area (Å²) in [4.78, 5) is 33.1. The van der Waals surface area contributed by atoms with Crippen molar-refractivity contribution in [2.45, 2.75) is 39.1 Å². The van der Waals surface area contributed by atoms with E-state index in [0.29, 0.717) is 24.3 Å². The average Bonchev–Trinajstić information content (AvgIpc) is 3.07. The first-order valence-electron chi connectivity index (χ1n) is 10.9. The molecule has 0 bridgehead atoms. The number of hydrogen-bond acceptors (Lipinski definition) is 5. The van der Waals surface area contributed by atoms with E-state index >= 15 is 0 Å². The van der Waals surface area contributed by atoms with E-state index in [0.717, 1.165) is 51.8 Å². The molecule has 2 aliphatic rings. The van der Waals surface area contributed by atoms with Gasteiger partial charge < -0.3 is 23.8 Å². The summed E-state index contributed by atoms with van der Waals surface area (Å²) in [6.07, 6.45) is 0.383. The molecule has 2 N–H and O–H groups in total. The van der Waals surface area contributed by atoms with Crippen LogP contribution in [0.3, 0.4) is 0 Å². The molecule has 10 nitrogen and oxygen atoms in total. The molecule has 0 amide bonds. The first-order valence-corrected chi connectivity index (χ1v) is 10.9. The van der Waals surface area contributed by atoms with Gasteiger partial charge in [-0.15, -0.1) is 0 Å². The van der Waals surface area contributed by atoms with Gasteiger partial charge in [0.1, 0.15) is 44.9 Å². The number of quaternary nitrogens is 2. The van der Waals surface area contributed by atoms with Crippen LogP contribution in [0.2, 0.25) is 0 Å². The largest absolute Gasteiger partial charge is 0.370 e. The lowest BCUT2D eigenvalue weighted by atomic mass is 10.2. The van der Waals surface area contributed by atoms with Gasteiger partial charge in [0.15, 0.2) is 17.0 Å². The quantitative estimate of drug-likeness (QED) is 0.523. The van der Waals surface area contributed by atoms with Crippen LogP contribution in [0.5, 0.6) is 0 Å². The zero-order valence-corrected chi connectivity index (χ0v) is 18.4. The molecule has 4 rings (SSSR count). The number of aromatic nitrogens is 4. The van der Waals surface area contributed by atoms with E-state index in [-0.39, 0.29) is 23.5 Å². The van der Waals surface area contributed by atoms with Crippen LogP contribution in [0.15, 0.2) is 9.59 Å². The van der Waals surface area contributed by atoms with Crippen molar-refractivity contribution >= 4 is 11.2 Å². The normalized spacial score (nSPS) is 25.8. The Labute approximate surface area is 175 Å². The molecule has 2 aliphatic heterocycles. The van der Waals surface area contributed by atoms with Gasteiger partial charge in [0.25, 0.3) is 5.56 Å². The Bertz CT molecular complexity index is 1010. The molecule has 166 valence electrons. The fourth-order valence-electron chi connectivity index (χ4n) is 4.80. The van der Waals surface area contributed by atoms with Crippen LogP contribution in [-0.2, 0) is 36.7 Å². The van der Waals surface area contributed by atoms with Crippen LogP contribution in [-0.4, -0.2) is 76.8 Å². The molecular weight excluding hydrogens is 388 g/mol. The third-order valence-corrected chi connectivity index (χ3v) is 6.34. The molecule has 2 aromatic heterocycles. The minimum Gasteiger partial charge on any atom is -0.370 e. The lowest BCUT2D eigenvalue weighted by Crippen LogP contribution is -3.14. The monoisotopic (exact) mass is 422 g/mol. The smallest absolute Gasteiger partial charge is 0.332 e. The molecule has 0 aromatic carbocycles. The van der Waals surface area contributed by atoms with Crippen LogP contribution in [0.1, 0.15) is 19.7 Å². The molecule has 0 unspecified atom stereocenters. The van der Waals surface area contributed by atoms with Crippen molar-refractivity contribution in [2.75, 3.05) is 45.9 Å². The van der Waals surface area contributed by atoms with E-state index in [1.54, 1.807) is 7.05 Å². The second-order valence-electron chi connectivity index (χ2n) is 8.76. The van der Waals surface area contributed by atoms with Crippen LogP contribution in [0.25, 0.3) is 11.2 Å². The van der Waals surface area contributed by atoms with Gasteiger partial charge in [-0.3, -0.25) is 13.9 Å². The second-order valence-corrected chi connectivity index (χ2v) is 8.76. The van der Waals surface area contributed by atoms with Gasteiger partial charge in [0.2, 0.25) is 0 Å². The summed E-state index contributed by atoms with van der Waals surface area (Å²) in [6.45, 7) is 11.8. The summed E-state index contributed by atoms with van der Waals surface area (Å²) in [5, 5.41) is 0. The fraction of sp³-hybridized carbons (Fsp3) is 0.750. The molecule has 10 heteroatoms. The Hall–Kier alpha value is -2.01. The average molecular weight is 423 g/mol. The highest BCUT2D eigenvalue weighted by Gasteiger charge is 2.29. The Morgan fingerprint density at radius 1 is 1.03 bits per heavy atom. The van der Waals surface area contributed by atoms with E-state index in [1.165, 1.54) is 26.0 Å². The maximum Gasteiger partial charge on any atom is 0.332 e. The van der Waals surface area contributed by atoms with Gasteiger partial charge in [0.05, 0.1) is 26.3 Å². The van der Waals surface area contributed by atoms with E-state index in [4.69, 9.17) is 14.5 Å². The number of hydrogen-bond donors (Lipinski definition) is 2. The van der Waals surface area contributed by atoms with Gasteiger partial charge in [-0.1, -0.05) is 0 Å². The summed E-state index contributed by atoms with van der Waals surface area (Å²) in [5.74, 6) is 0.868. The van der Waals surface area contributed by atoms with Crippen LogP contribution in [0, 0.1) is 0 Å². The third kappa shape index (κ3) is 4.09. The maximum atomic E-state index is 13.0. The topological polar surface area (TPSA) is 89.2 Å². The predicted molar refractivity (Wildman–Crippen MR) is 111 cm³/mol. The number of fused-ring (bicyclic) bond motifs is 1. The molecule has 0 radical (unpaired) electrons. The molecule has 0 saturated carbocycles. The van der Waals surface area contributed by atoms with Gasteiger partial charge in [-0.2, -0.15) is 0 Å². The van der Waals surface area contributed by atoms with Crippen molar-refractivity contribution in [1.82, 2.24) is 18.7 Å². The number of nitrogens with one attached hydrogen (secondary N) is 2. The Balaban J connectivity index is 1.71. The van der Waals surface area contributed by atoms with Crippen LogP contribution < -0.4 is 21.0 Å². The van der Waals surface area contributed by atoms with Crippen LogP contribution >= 0.6 is 0 Å². The highest BCUT2D eigenvalue weighted by atomic mass is 16.5. The predicted octanol–water partition coefficient (Wildman–Crippen LogP) is -3.46. The van der Waals surface area contributed by atoms with E-state index in [2.05, 4.69) is 18.4 Å². The minimum atomic E-state index is -0.344. The molecule has 0 spiro atoms. The second kappa shape index (κ2) is 8.62. The number of ether oxygens (including phenoxy) is 2.